The highest BCUT2D eigenvalue weighted by molar-refractivity contribution is 5.87. The first-order valence-corrected chi connectivity index (χ1v) is 5.49. The maximum Gasteiger partial charge on any atom is 0.408 e. The van der Waals surface area contributed by atoms with Crippen LogP contribution in [0.1, 0.15) is 27.7 Å². The van der Waals surface area contributed by atoms with Gasteiger partial charge in [0, 0.05) is 0 Å². The van der Waals surface area contributed by atoms with Crippen LogP contribution in [-0.4, -0.2) is 43.3 Å². The fraction of sp³-hybridized carbons (Fsp3) is 0.727. The summed E-state index contributed by atoms with van der Waals surface area (Å²) in [6.45, 7) is 6.39. The Hall–Kier alpha value is -1.79. The van der Waals surface area contributed by atoms with Crippen molar-refractivity contribution >= 4 is 18.0 Å². The lowest BCUT2D eigenvalue weighted by atomic mass is 10.2. The summed E-state index contributed by atoms with van der Waals surface area (Å²) in [5.74, 6) is -1.06. The Morgan fingerprint density at radius 1 is 1.22 bits per heavy atom. The Labute approximate surface area is 106 Å². The first-order valence-electron chi connectivity index (χ1n) is 5.49. The van der Waals surface area contributed by atoms with E-state index in [9.17, 15) is 14.4 Å². The van der Waals surface area contributed by atoms with Crippen LogP contribution in [0, 0.1) is 0 Å². The molecule has 0 saturated carbocycles. The molecule has 0 aromatic carbocycles. The quantitative estimate of drug-likeness (QED) is 0.704. The van der Waals surface area contributed by atoms with Crippen molar-refractivity contribution in [2.45, 2.75) is 39.3 Å². The number of esters is 1. The predicted molar refractivity (Wildman–Crippen MR) is 63.9 cm³/mol. The van der Waals surface area contributed by atoms with Gasteiger partial charge in [0.25, 0.3) is 0 Å². The molecule has 0 aliphatic carbocycles. The molecule has 0 aromatic heterocycles. The zero-order valence-corrected chi connectivity index (χ0v) is 11.3. The standard InChI is InChI=1S/C11H20N2O5/c1-7(9(15)12-6-8(14)17-5)13-10(16)18-11(2,3)4/h7H,6H2,1-5H3,(H,12,15)(H,13,16). The lowest BCUT2D eigenvalue weighted by Gasteiger charge is -2.21. The van der Waals surface area contributed by atoms with Gasteiger partial charge in [-0.25, -0.2) is 4.79 Å². The molecule has 0 rings (SSSR count). The zero-order valence-electron chi connectivity index (χ0n) is 11.3. The van der Waals surface area contributed by atoms with E-state index >= 15 is 0 Å². The molecule has 1 unspecified atom stereocenters. The number of nitrogens with one attached hydrogen (secondary N) is 2. The van der Waals surface area contributed by atoms with Crippen LogP contribution in [0.15, 0.2) is 0 Å². The van der Waals surface area contributed by atoms with Gasteiger partial charge in [-0.1, -0.05) is 0 Å². The van der Waals surface area contributed by atoms with Gasteiger partial charge in [0.05, 0.1) is 7.11 Å². The Kier molecular flexibility index (Phi) is 6.15. The number of rotatable bonds is 4. The largest absolute Gasteiger partial charge is 0.468 e. The molecule has 104 valence electrons. The minimum Gasteiger partial charge on any atom is -0.468 e. The molecule has 0 aliphatic rings. The fourth-order valence-electron chi connectivity index (χ4n) is 0.934. The van der Waals surface area contributed by atoms with Crippen molar-refractivity contribution in [3.05, 3.63) is 0 Å². The summed E-state index contributed by atoms with van der Waals surface area (Å²) >= 11 is 0. The van der Waals surface area contributed by atoms with Crippen LogP contribution in [0.4, 0.5) is 4.79 Å². The van der Waals surface area contributed by atoms with Crippen LogP contribution in [0.5, 0.6) is 0 Å². The first-order chi connectivity index (χ1) is 8.15. The number of hydrogen-bond acceptors (Lipinski definition) is 5. The summed E-state index contributed by atoms with van der Waals surface area (Å²) in [7, 11) is 1.22. The molecule has 0 aromatic rings. The SMILES string of the molecule is COC(=O)CNC(=O)C(C)NC(=O)OC(C)(C)C. The Balaban J connectivity index is 4.08. The van der Waals surface area contributed by atoms with E-state index in [2.05, 4.69) is 15.4 Å². The van der Waals surface area contributed by atoms with Crippen molar-refractivity contribution in [1.29, 1.82) is 0 Å². The van der Waals surface area contributed by atoms with Crippen molar-refractivity contribution in [2.75, 3.05) is 13.7 Å². The number of carbonyl (C=O) groups is 3. The molecule has 0 bridgehead atoms. The van der Waals surface area contributed by atoms with Crippen LogP contribution in [0.25, 0.3) is 0 Å². The number of ether oxygens (including phenoxy) is 2. The molecule has 7 nitrogen and oxygen atoms in total. The first kappa shape index (κ1) is 16.2. The van der Waals surface area contributed by atoms with Gasteiger partial charge in [-0.15, -0.1) is 0 Å². The molecule has 2 N–H and O–H groups in total. The van der Waals surface area contributed by atoms with Crippen LogP contribution < -0.4 is 10.6 Å². The van der Waals surface area contributed by atoms with Gasteiger partial charge in [0.15, 0.2) is 0 Å². The molecular weight excluding hydrogens is 240 g/mol. The predicted octanol–water partition coefficient (Wildman–Crippen LogP) is 0.189. The van der Waals surface area contributed by atoms with Gasteiger partial charge in [-0.05, 0) is 27.7 Å². The van der Waals surface area contributed by atoms with Gasteiger partial charge < -0.3 is 20.1 Å². The minimum atomic E-state index is -0.801. The highest BCUT2D eigenvalue weighted by Crippen LogP contribution is 2.06. The summed E-state index contributed by atoms with van der Waals surface area (Å²) in [6, 6.07) is -0.801. The number of carbonyl (C=O) groups excluding carboxylic acids is 3. The third-order valence-corrected chi connectivity index (χ3v) is 1.76. The van der Waals surface area contributed by atoms with Crippen LogP contribution >= 0.6 is 0 Å². The third kappa shape index (κ3) is 7.48. The summed E-state index contributed by atoms with van der Waals surface area (Å²) in [6.07, 6.45) is -0.691. The summed E-state index contributed by atoms with van der Waals surface area (Å²) in [5.41, 5.74) is -0.633. The van der Waals surface area contributed by atoms with Crippen molar-refractivity contribution in [3.63, 3.8) is 0 Å². The second-order valence-corrected chi connectivity index (χ2v) is 4.66. The lowest BCUT2D eigenvalue weighted by Crippen LogP contribution is -2.47. The summed E-state index contributed by atoms with van der Waals surface area (Å²) < 4.78 is 9.35. The average Bonchev–Trinajstić information content (AvgIpc) is 2.22. The zero-order chi connectivity index (χ0) is 14.3. The second-order valence-electron chi connectivity index (χ2n) is 4.66. The maximum atomic E-state index is 11.5. The van der Waals surface area contributed by atoms with Crippen molar-refractivity contribution in [1.82, 2.24) is 10.6 Å². The molecule has 2 amide bonds. The van der Waals surface area contributed by atoms with Crippen molar-refractivity contribution < 1.29 is 23.9 Å². The topological polar surface area (TPSA) is 93.7 Å². The van der Waals surface area contributed by atoms with E-state index in [4.69, 9.17) is 4.74 Å². The summed E-state index contributed by atoms with van der Waals surface area (Å²) in [5, 5.41) is 4.67. The van der Waals surface area contributed by atoms with Gasteiger partial charge in [0.1, 0.15) is 18.2 Å². The molecule has 0 spiro atoms. The number of amides is 2. The van der Waals surface area contributed by atoms with Crippen LogP contribution in [0.3, 0.4) is 0 Å². The normalized spacial score (nSPS) is 12.3. The lowest BCUT2D eigenvalue weighted by molar-refractivity contribution is -0.141. The highest BCUT2D eigenvalue weighted by atomic mass is 16.6. The molecule has 7 heteroatoms. The van der Waals surface area contributed by atoms with E-state index in [1.54, 1.807) is 20.8 Å². The van der Waals surface area contributed by atoms with Crippen LogP contribution in [-0.2, 0) is 19.1 Å². The molecule has 0 aliphatic heterocycles. The van der Waals surface area contributed by atoms with E-state index < -0.39 is 29.6 Å². The Morgan fingerprint density at radius 3 is 2.22 bits per heavy atom. The molecule has 0 saturated heterocycles. The monoisotopic (exact) mass is 260 g/mol. The third-order valence-electron chi connectivity index (χ3n) is 1.76. The van der Waals surface area contributed by atoms with E-state index in [1.165, 1.54) is 14.0 Å². The van der Waals surface area contributed by atoms with E-state index in [0.29, 0.717) is 0 Å². The van der Waals surface area contributed by atoms with Crippen molar-refractivity contribution in [3.8, 4) is 0 Å². The average molecular weight is 260 g/mol. The number of methoxy groups -OCH3 is 1. The van der Waals surface area contributed by atoms with Crippen LogP contribution in [0.2, 0.25) is 0 Å². The molecule has 0 heterocycles. The van der Waals surface area contributed by atoms with Crippen molar-refractivity contribution in [2.24, 2.45) is 0 Å². The summed E-state index contributed by atoms with van der Waals surface area (Å²) in [4.78, 5) is 33.6. The molecular formula is C11H20N2O5. The highest BCUT2D eigenvalue weighted by Gasteiger charge is 2.21. The van der Waals surface area contributed by atoms with Gasteiger partial charge in [-0.2, -0.15) is 0 Å². The number of hydrogen-bond donors (Lipinski definition) is 2. The second kappa shape index (κ2) is 6.83. The van der Waals surface area contributed by atoms with Gasteiger partial charge in [0.2, 0.25) is 5.91 Å². The molecule has 0 radical (unpaired) electrons. The van der Waals surface area contributed by atoms with E-state index in [-0.39, 0.29) is 6.54 Å². The molecule has 0 fully saturated rings. The Morgan fingerprint density at radius 2 is 1.78 bits per heavy atom. The van der Waals surface area contributed by atoms with Gasteiger partial charge in [-0.3, -0.25) is 9.59 Å². The van der Waals surface area contributed by atoms with E-state index in [0.717, 1.165) is 0 Å². The minimum absolute atomic E-state index is 0.240. The molecule has 18 heavy (non-hydrogen) atoms. The number of alkyl carbamates (subject to hydrolysis) is 1. The van der Waals surface area contributed by atoms with E-state index in [1.807, 2.05) is 0 Å². The molecule has 1 atom stereocenters. The maximum absolute atomic E-state index is 11.5. The van der Waals surface area contributed by atoms with Gasteiger partial charge >= 0.3 is 12.1 Å². The Bertz CT molecular complexity index is 322. The smallest absolute Gasteiger partial charge is 0.408 e. The fourth-order valence-corrected chi connectivity index (χ4v) is 0.934.